The molecule has 0 aromatic carbocycles. The minimum atomic E-state index is 0.785. The summed E-state index contributed by atoms with van der Waals surface area (Å²) in [7, 11) is 0. The van der Waals surface area contributed by atoms with Gasteiger partial charge in [-0.3, -0.25) is 0 Å². The van der Waals surface area contributed by atoms with E-state index in [4.69, 9.17) is 0 Å². The number of hydrogen-bond acceptors (Lipinski definition) is 6. The summed E-state index contributed by atoms with van der Waals surface area (Å²) in [5.74, 6) is 3.23. The summed E-state index contributed by atoms with van der Waals surface area (Å²) in [5.41, 5.74) is 7.16. The molecule has 0 aliphatic heterocycles. The summed E-state index contributed by atoms with van der Waals surface area (Å²) in [5, 5.41) is 0. The van der Waals surface area contributed by atoms with Gasteiger partial charge in [0.15, 0.2) is 0 Å². The Hall–Kier alpha value is -0.500. The van der Waals surface area contributed by atoms with Gasteiger partial charge < -0.3 is 0 Å². The fraction of sp³-hybridized carbons (Fsp3) is 0.467. The maximum absolute atomic E-state index is 2.44. The molecule has 4 aromatic rings. The van der Waals surface area contributed by atoms with Gasteiger partial charge in [0.05, 0.1) is 8.42 Å². The molecule has 0 radical (unpaired) electrons. The van der Waals surface area contributed by atoms with E-state index in [2.05, 4.69) is 59.5 Å². The molecule has 0 saturated heterocycles. The molecule has 4 aromatic heterocycles. The van der Waals surface area contributed by atoms with Gasteiger partial charge in [-0.2, -0.15) is 0 Å². The van der Waals surface area contributed by atoms with Crippen LogP contribution in [0, 0.1) is 0 Å². The molecule has 6 aliphatic carbocycles. The standard InChI is InChI=1S/C30H30S6/c1-31-22-14-13-20(34-22)19-11-12-21(33-19)27-23-15-3-5-16(6-4-15)24(23)28(35-27)29-25-17-7-9-18(10-8-17)26(25)30(32-2)36-29/h11-18H,3-10H2,1-2H3. The van der Waals surface area contributed by atoms with Crippen LogP contribution in [0.1, 0.15) is 97.3 Å². The fourth-order valence-corrected chi connectivity index (χ4v) is 14.3. The lowest BCUT2D eigenvalue weighted by Gasteiger charge is -2.39. The van der Waals surface area contributed by atoms with Crippen molar-refractivity contribution in [3.63, 3.8) is 0 Å². The van der Waals surface area contributed by atoms with E-state index in [9.17, 15) is 0 Å². The molecule has 0 atom stereocenters. The Balaban J connectivity index is 1.31. The molecule has 6 aliphatic rings. The van der Waals surface area contributed by atoms with Crippen molar-refractivity contribution in [3.05, 3.63) is 46.5 Å². The molecule has 6 heteroatoms. The molecule has 4 heterocycles. The molecule has 2 fully saturated rings. The zero-order valence-corrected chi connectivity index (χ0v) is 25.6. The van der Waals surface area contributed by atoms with Crippen molar-refractivity contribution < 1.29 is 0 Å². The van der Waals surface area contributed by atoms with Crippen molar-refractivity contribution in [2.24, 2.45) is 0 Å². The average molecular weight is 583 g/mol. The Bertz CT molecular complexity index is 1440. The summed E-state index contributed by atoms with van der Waals surface area (Å²) < 4.78 is 3.05. The zero-order valence-electron chi connectivity index (χ0n) is 20.7. The second-order valence-corrected chi connectivity index (χ2v) is 17.3. The van der Waals surface area contributed by atoms with Gasteiger partial charge in [-0.15, -0.1) is 68.9 Å². The van der Waals surface area contributed by atoms with Crippen molar-refractivity contribution in [1.29, 1.82) is 0 Å². The first-order valence-electron chi connectivity index (χ1n) is 13.3. The Kier molecular flexibility index (Phi) is 5.86. The van der Waals surface area contributed by atoms with Gasteiger partial charge in [-0.05, 0) is 134 Å². The SMILES string of the molecule is CSc1ccc(-c2ccc(-c3sc(-c4sc(SC)c5c4C4CCC5CC4)c4c3C3CCC4CC3)s2)s1. The number of fused-ring (bicyclic) bond motifs is 4. The summed E-state index contributed by atoms with van der Waals surface area (Å²) >= 11 is 12.2. The molecule has 4 bridgehead atoms. The van der Waals surface area contributed by atoms with Crippen LogP contribution in [-0.4, -0.2) is 12.5 Å². The van der Waals surface area contributed by atoms with Gasteiger partial charge >= 0.3 is 0 Å². The lowest BCUT2D eigenvalue weighted by molar-refractivity contribution is 0.357. The predicted octanol–water partition coefficient (Wildman–Crippen LogP) is 11.9. The number of rotatable bonds is 5. The van der Waals surface area contributed by atoms with Gasteiger partial charge in [0.1, 0.15) is 0 Å². The maximum Gasteiger partial charge on any atom is 0.0640 e. The number of thioether (sulfide) groups is 2. The van der Waals surface area contributed by atoms with Crippen LogP contribution in [0.15, 0.2) is 32.7 Å². The minimum absolute atomic E-state index is 0.785. The van der Waals surface area contributed by atoms with Gasteiger partial charge in [-0.1, -0.05) is 0 Å². The van der Waals surface area contributed by atoms with Crippen LogP contribution >= 0.6 is 68.9 Å². The second kappa shape index (κ2) is 9.02. The molecule has 186 valence electrons. The summed E-state index contributed by atoms with van der Waals surface area (Å²) in [4.78, 5) is 9.40. The maximum atomic E-state index is 2.44. The molecule has 0 unspecified atom stereocenters. The van der Waals surface area contributed by atoms with Crippen molar-refractivity contribution in [1.82, 2.24) is 0 Å². The first-order valence-corrected chi connectivity index (χ1v) is 19.1. The van der Waals surface area contributed by atoms with E-state index in [0.29, 0.717) is 0 Å². The van der Waals surface area contributed by atoms with Gasteiger partial charge in [0.25, 0.3) is 0 Å². The zero-order chi connectivity index (χ0) is 24.0. The number of thiophene rings is 4. The quantitative estimate of drug-likeness (QED) is 0.215. The fourth-order valence-electron chi connectivity index (χ4n) is 7.66. The van der Waals surface area contributed by atoms with Crippen LogP contribution in [0.5, 0.6) is 0 Å². The van der Waals surface area contributed by atoms with Crippen LogP contribution in [0.3, 0.4) is 0 Å². The highest BCUT2D eigenvalue weighted by Gasteiger charge is 2.43. The number of hydrogen-bond donors (Lipinski definition) is 0. The van der Waals surface area contributed by atoms with Crippen molar-refractivity contribution in [2.45, 2.75) is 83.5 Å². The minimum Gasteiger partial charge on any atom is -0.134 e. The van der Waals surface area contributed by atoms with Crippen LogP contribution in [0.2, 0.25) is 0 Å². The molecular weight excluding hydrogens is 553 g/mol. The topological polar surface area (TPSA) is 0 Å². The molecule has 36 heavy (non-hydrogen) atoms. The van der Waals surface area contributed by atoms with E-state index < -0.39 is 0 Å². The molecule has 0 nitrogen and oxygen atoms in total. The lowest BCUT2D eigenvalue weighted by Crippen LogP contribution is -2.22. The highest BCUT2D eigenvalue weighted by atomic mass is 32.2. The Morgan fingerprint density at radius 2 is 1.00 bits per heavy atom. The van der Waals surface area contributed by atoms with Gasteiger partial charge in [0.2, 0.25) is 0 Å². The van der Waals surface area contributed by atoms with Crippen LogP contribution < -0.4 is 0 Å². The average Bonchev–Trinajstić information content (AvgIpc) is 3.73. The summed E-state index contributed by atoms with van der Waals surface area (Å²) in [6.07, 6.45) is 15.9. The van der Waals surface area contributed by atoms with E-state index in [1.807, 2.05) is 46.2 Å². The monoisotopic (exact) mass is 582 g/mol. The summed E-state index contributed by atoms with van der Waals surface area (Å²) in [6, 6.07) is 9.43. The first kappa shape index (κ1) is 23.4. The van der Waals surface area contributed by atoms with E-state index in [-0.39, 0.29) is 0 Å². The summed E-state index contributed by atoms with van der Waals surface area (Å²) in [6.45, 7) is 0. The molecule has 0 spiro atoms. The van der Waals surface area contributed by atoms with E-state index in [1.54, 1.807) is 41.1 Å². The Labute approximate surface area is 238 Å². The third-order valence-electron chi connectivity index (χ3n) is 9.27. The third-order valence-corrected chi connectivity index (χ3v) is 16.6. The highest BCUT2D eigenvalue weighted by Crippen LogP contribution is 2.64. The van der Waals surface area contributed by atoms with Crippen molar-refractivity contribution >= 4 is 68.9 Å². The first-order chi connectivity index (χ1) is 17.7. The highest BCUT2D eigenvalue weighted by molar-refractivity contribution is 8.00. The largest absolute Gasteiger partial charge is 0.134 e. The third kappa shape index (κ3) is 3.43. The Morgan fingerprint density at radius 1 is 0.500 bits per heavy atom. The molecule has 2 saturated carbocycles. The van der Waals surface area contributed by atoms with Crippen LogP contribution in [-0.2, 0) is 0 Å². The van der Waals surface area contributed by atoms with E-state index in [1.165, 1.54) is 70.2 Å². The van der Waals surface area contributed by atoms with Crippen LogP contribution in [0.4, 0.5) is 0 Å². The van der Waals surface area contributed by atoms with Crippen LogP contribution in [0.25, 0.3) is 29.3 Å². The molecule has 0 N–H and O–H groups in total. The predicted molar refractivity (Wildman–Crippen MR) is 166 cm³/mol. The van der Waals surface area contributed by atoms with E-state index in [0.717, 1.165) is 23.7 Å². The molecule has 0 amide bonds. The molecular formula is C30H30S6. The van der Waals surface area contributed by atoms with Gasteiger partial charge in [-0.25, -0.2) is 0 Å². The van der Waals surface area contributed by atoms with Crippen molar-refractivity contribution in [2.75, 3.05) is 12.5 Å². The lowest BCUT2D eigenvalue weighted by atomic mass is 9.65. The second-order valence-electron chi connectivity index (χ2n) is 10.9. The Morgan fingerprint density at radius 3 is 1.61 bits per heavy atom. The van der Waals surface area contributed by atoms with Gasteiger partial charge in [0, 0.05) is 29.3 Å². The normalized spacial score (nSPS) is 25.9. The van der Waals surface area contributed by atoms with E-state index >= 15 is 0 Å². The van der Waals surface area contributed by atoms with Crippen molar-refractivity contribution in [3.8, 4) is 29.3 Å². The molecule has 10 rings (SSSR count). The smallest absolute Gasteiger partial charge is 0.0640 e.